The number of nitrogens with zero attached hydrogens (tertiary/aromatic N) is 1. The van der Waals surface area contributed by atoms with E-state index in [1.54, 1.807) is 12.3 Å². The fraction of sp³-hybridized carbons (Fsp3) is 0.375. The minimum absolute atomic E-state index is 0.163. The first-order valence-electron chi connectivity index (χ1n) is 6.77. The molecule has 1 aromatic carbocycles. The van der Waals surface area contributed by atoms with E-state index in [1.165, 1.54) is 0 Å². The van der Waals surface area contributed by atoms with Crippen LogP contribution in [0.1, 0.15) is 27.7 Å². The Balaban J connectivity index is 2.43. The first-order valence-corrected chi connectivity index (χ1v) is 7.15. The molecule has 1 heterocycles. The van der Waals surface area contributed by atoms with Gasteiger partial charge in [0.25, 0.3) is 0 Å². The number of hydrogen-bond acceptors (Lipinski definition) is 3. The molecule has 0 fully saturated rings. The molecule has 0 aliphatic carbocycles. The van der Waals surface area contributed by atoms with Crippen LogP contribution in [0.15, 0.2) is 30.5 Å². The predicted molar refractivity (Wildman–Crippen MR) is 87.4 cm³/mol. The number of rotatable bonds is 3. The van der Waals surface area contributed by atoms with Gasteiger partial charge in [-0.05, 0) is 45.9 Å². The molecule has 1 amide bonds. The van der Waals surface area contributed by atoms with E-state index in [1.807, 2.05) is 45.9 Å². The molecule has 112 valence electrons. The number of amides is 1. The highest BCUT2D eigenvalue weighted by Gasteiger charge is 2.40. The summed E-state index contributed by atoms with van der Waals surface area (Å²) in [7, 11) is 0. The maximum Gasteiger partial charge on any atom is 0.231 e. The van der Waals surface area contributed by atoms with E-state index in [0.717, 1.165) is 5.39 Å². The predicted octanol–water partition coefficient (Wildman–Crippen LogP) is 3.59. The van der Waals surface area contributed by atoms with Crippen LogP contribution in [0.2, 0.25) is 5.02 Å². The number of benzene rings is 1. The monoisotopic (exact) mass is 305 g/mol. The van der Waals surface area contributed by atoms with Gasteiger partial charge in [-0.3, -0.25) is 9.78 Å². The van der Waals surface area contributed by atoms with Crippen molar-refractivity contribution < 1.29 is 4.79 Å². The zero-order chi connectivity index (χ0) is 15.8. The fourth-order valence-corrected chi connectivity index (χ4v) is 2.05. The van der Waals surface area contributed by atoms with Gasteiger partial charge in [0, 0.05) is 22.1 Å². The normalized spacial score (nSPS) is 12.5. The largest absolute Gasteiger partial charge is 0.325 e. The van der Waals surface area contributed by atoms with Crippen molar-refractivity contribution in [2.45, 2.75) is 33.2 Å². The highest BCUT2D eigenvalue weighted by molar-refractivity contribution is 6.32. The van der Waals surface area contributed by atoms with E-state index in [4.69, 9.17) is 17.3 Å². The first kappa shape index (κ1) is 15.7. The topological polar surface area (TPSA) is 68.0 Å². The van der Waals surface area contributed by atoms with Crippen LogP contribution in [-0.4, -0.2) is 16.4 Å². The summed E-state index contributed by atoms with van der Waals surface area (Å²) >= 11 is 6.11. The first-order chi connectivity index (χ1) is 9.63. The summed E-state index contributed by atoms with van der Waals surface area (Å²) in [6, 6.07) is 7.25. The van der Waals surface area contributed by atoms with Crippen molar-refractivity contribution in [2.24, 2.45) is 11.1 Å². The minimum Gasteiger partial charge on any atom is -0.325 e. The molecule has 0 bridgehead atoms. The number of pyridine rings is 1. The molecule has 0 spiro atoms. The summed E-state index contributed by atoms with van der Waals surface area (Å²) in [6.45, 7) is 7.31. The average molecular weight is 306 g/mol. The van der Waals surface area contributed by atoms with Crippen LogP contribution >= 0.6 is 11.6 Å². The summed E-state index contributed by atoms with van der Waals surface area (Å²) in [6.07, 6.45) is 1.68. The zero-order valence-electron chi connectivity index (χ0n) is 12.7. The molecule has 4 nitrogen and oxygen atoms in total. The van der Waals surface area contributed by atoms with Gasteiger partial charge in [0.2, 0.25) is 5.91 Å². The van der Waals surface area contributed by atoms with Gasteiger partial charge in [0.05, 0.1) is 16.6 Å². The van der Waals surface area contributed by atoms with E-state index in [2.05, 4.69) is 10.3 Å². The van der Waals surface area contributed by atoms with E-state index < -0.39 is 11.0 Å². The molecule has 0 radical (unpaired) electrons. The zero-order valence-corrected chi connectivity index (χ0v) is 13.5. The quantitative estimate of drug-likeness (QED) is 0.910. The Bertz CT molecular complexity index is 689. The molecular weight excluding hydrogens is 286 g/mol. The highest BCUT2D eigenvalue weighted by Crippen LogP contribution is 2.32. The van der Waals surface area contributed by atoms with Crippen molar-refractivity contribution in [1.29, 1.82) is 0 Å². The lowest BCUT2D eigenvalue weighted by atomic mass is 9.74. The number of anilines is 1. The molecule has 21 heavy (non-hydrogen) atoms. The molecule has 2 rings (SSSR count). The van der Waals surface area contributed by atoms with Crippen LogP contribution in [0.3, 0.4) is 0 Å². The van der Waals surface area contributed by atoms with E-state index in [-0.39, 0.29) is 5.91 Å². The number of halogens is 1. The molecular formula is C16H20ClN3O. The van der Waals surface area contributed by atoms with Crippen LogP contribution in [0, 0.1) is 5.41 Å². The fourth-order valence-electron chi connectivity index (χ4n) is 1.82. The number of hydrogen-bond donors (Lipinski definition) is 2. The second-order valence-electron chi connectivity index (χ2n) is 6.33. The maximum absolute atomic E-state index is 12.6. The number of carbonyl (C=O) groups is 1. The summed E-state index contributed by atoms with van der Waals surface area (Å²) in [5.41, 5.74) is 6.02. The third kappa shape index (κ3) is 3.01. The van der Waals surface area contributed by atoms with Gasteiger partial charge in [0.15, 0.2) is 0 Å². The Kier molecular flexibility index (Phi) is 3.95. The average Bonchev–Trinajstić information content (AvgIpc) is 2.37. The Hall–Kier alpha value is -1.65. The lowest BCUT2D eigenvalue weighted by molar-refractivity contribution is -0.126. The summed E-state index contributed by atoms with van der Waals surface area (Å²) in [4.78, 5) is 16.9. The van der Waals surface area contributed by atoms with Gasteiger partial charge in [0.1, 0.15) is 0 Å². The van der Waals surface area contributed by atoms with Crippen LogP contribution in [0.25, 0.3) is 10.9 Å². The second-order valence-corrected chi connectivity index (χ2v) is 6.77. The van der Waals surface area contributed by atoms with Gasteiger partial charge in [-0.1, -0.05) is 17.7 Å². The molecule has 0 aliphatic heterocycles. The number of carbonyl (C=O) groups excluding carboxylic acids is 1. The van der Waals surface area contributed by atoms with Crippen molar-refractivity contribution in [3.8, 4) is 0 Å². The molecule has 0 saturated carbocycles. The number of nitrogens with two attached hydrogens (primary N) is 1. The molecule has 1 aromatic heterocycles. The van der Waals surface area contributed by atoms with Crippen molar-refractivity contribution in [3.05, 3.63) is 35.5 Å². The highest BCUT2D eigenvalue weighted by atomic mass is 35.5. The van der Waals surface area contributed by atoms with Gasteiger partial charge < -0.3 is 11.1 Å². The van der Waals surface area contributed by atoms with Gasteiger partial charge in [-0.2, -0.15) is 0 Å². The number of fused-ring (bicyclic) bond motifs is 1. The van der Waals surface area contributed by atoms with Crippen molar-refractivity contribution in [1.82, 2.24) is 4.98 Å². The summed E-state index contributed by atoms with van der Waals surface area (Å²) < 4.78 is 0. The maximum atomic E-state index is 12.6. The lowest BCUT2D eigenvalue weighted by Crippen LogP contribution is -2.53. The third-order valence-corrected chi connectivity index (χ3v) is 4.31. The van der Waals surface area contributed by atoms with Crippen LogP contribution in [0.5, 0.6) is 0 Å². The number of aromatic nitrogens is 1. The van der Waals surface area contributed by atoms with Crippen LogP contribution in [0.4, 0.5) is 5.69 Å². The van der Waals surface area contributed by atoms with Crippen LogP contribution < -0.4 is 11.1 Å². The molecule has 0 saturated heterocycles. The Morgan fingerprint density at radius 2 is 1.95 bits per heavy atom. The summed E-state index contributed by atoms with van der Waals surface area (Å²) in [5, 5.41) is 4.34. The number of nitrogens with one attached hydrogen (secondary N) is 1. The van der Waals surface area contributed by atoms with Crippen LogP contribution in [-0.2, 0) is 4.79 Å². The Morgan fingerprint density at radius 3 is 2.57 bits per heavy atom. The van der Waals surface area contributed by atoms with E-state index in [0.29, 0.717) is 16.2 Å². The minimum atomic E-state index is -0.740. The van der Waals surface area contributed by atoms with Gasteiger partial charge in [-0.25, -0.2) is 0 Å². The molecule has 5 heteroatoms. The van der Waals surface area contributed by atoms with E-state index in [9.17, 15) is 4.79 Å². The lowest BCUT2D eigenvalue weighted by Gasteiger charge is -2.36. The molecule has 0 unspecified atom stereocenters. The standard InChI is InChI=1S/C16H20ClN3O/c1-15(2,16(3,4)18)14(21)20-12-9-11(17)8-10-6-5-7-19-13(10)12/h5-9H,18H2,1-4H3,(H,20,21). The van der Waals surface area contributed by atoms with Crippen molar-refractivity contribution in [2.75, 3.05) is 5.32 Å². The SMILES string of the molecule is CC(C)(N)C(C)(C)C(=O)Nc1cc(Cl)cc2cccnc12. The molecule has 0 aliphatic rings. The summed E-state index contributed by atoms with van der Waals surface area (Å²) in [5.74, 6) is -0.163. The second kappa shape index (κ2) is 5.28. The van der Waals surface area contributed by atoms with Gasteiger partial charge >= 0.3 is 0 Å². The molecule has 0 atom stereocenters. The van der Waals surface area contributed by atoms with Gasteiger partial charge in [-0.15, -0.1) is 0 Å². The smallest absolute Gasteiger partial charge is 0.231 e. The van der Waals surface area contributed by atoms with Crippen molar-refractivity contribution in [3.63, 3.8) is 0 Å². The molecule has 3 N–H and O–H groups in total. The Morgan fingerprint density at radius 1 is 1.29 bits per heavy atom. The molecule has 2 aromatic rings. The van der Waals surface area contributed by atoms with Crippen molar-refractivity contribution >= 4 is 34.1 Å². The van der Waals surface area contributed by atoms with E-state index >= 15 is 0 Å². The third-order valence-electron chi connectivity index (χ3n) is 4.10. The Labute approximate surface area is 129 Å².